The molecule has 0 saturated heterocycles. The van der Waals surface area contributed by atoms with Gasteiger partial charge in [-0.2, -0.15) is 9.78 Å². The zero-order chi connectivity index (χ0) is 17.4. The summed E-state index contributed by atoms with van der Waals surface area (Å²) in [6.07, 6.45) is 0.401. The number of nitrogens with zero attached hydrogens (tertiary/aromatic N) is 4. The molecule has 1 amide bonds. The molecule has 126 valence electrons. The average Bonchev–Trinajstić information content (AvgIpc) is 2.98. The molecule has 0 fully saturated rings. The SMILES string of the molecule is COc1ccc(-n2nc(C)c3c2NC(=O)CC3c2ccccc2)nn1. The highest BCUT2D eigenvalue weighted by Crippen LogP contribution is 2.39. The third-order valence-corrected chi connectivity index (χ3v) is 4.36. The zero-order valence-electron chi connectivity index (χ0n) is 13.9. The van der Waals surface area contributed by atoms with Gasteiger partial charge in [-0.25, -0.2) is 0 Å². The van der Waals surface area contributed by atoms with E-state index in [1.165, 1.54) is 7.11 Å². The smallest absolute Gasteiger partial charge is 0.233 e. The van der Waals surface area contributed by atoms with Crippen molar-refractivity contribution in [3.63, 3.8) is 0 Å². The van der Waals surface area contributed by atoms with Gasteiger partial charge in [0.1, 0.15) is 5.82 Å². The number of anilines is 1. The number of fused-ring (bicyclic) bond motifs is 1. The van der Waals surface area contributed by atoms with Gasteiger partial charge in [0, 0.05) is 24.0 Å². The first-order valence-electron chi connectivity index (χ1n) is 8.00. The summed E-state index contributed by atoms with van der Waals surface area (Å²) in [7, 11) is 1.54. The van der Waals surface area contributed by atoms with Crippen LogP contribution in [0.4, 0.5) is 5.82 Å². The largest absolute Gasteiger partial charge is 0.480 e. The number of methoxy groups -OCH3 is 1. The Morgan fingerprint density at radius 1 is 1.16 bits per heavy atom. The second kappa shape index (κ2) is 6.01. The second-order valence-corrected chi connectivity index (χ2v) is 5.91. The Balaban J connectivity index is 1.84. The lowest BCUT2D eigenvalue weighted by Crippen LogP contribution is -2.25. The molecular weight excluding hydrogens is 318 g/mol. The van der Waals surface area contributed by atoms with Crippen LogP contribution in [-0.4, -0.2) is 33.0 Å². The predicted octanol–water partition coefficient (Wildman–Crippen LogP) is 2.45. The van der Waals surface area contributed by atoms with Crippen molar-refractivity contribution < 1.29 is 9.53 Å². The molecule has 0 saturated carbocycles. The molecule has 3 aromatic rings. The molecule has 0 radical (unpaired) electrons. The van der Waals surface area contributed by atoms with Crippen molar-refractivity contribution in [1.29, 1.82) is 0 Å². The van der Waals surface area contributed by atoms with Gasteiger partial charge >= 0.3 is 0 Å². The fraction of sp³-hybridized carbons (Fsp3) is 0.222. The number of carbonyl (C=O) groups excluding carboxylic acids is 1. The number of ether oxygens (including phenoxy) is 1. The maximum atomic E-state index is 12.3. The molecule has 0 bridgehead atoms. The summed E-state index contributed by atoms with van der Waals surface area (Å²) in [5, 5.41) is 15.6. The lowest BCUT2D eigenvalue weighted by atomic mass is 9.86. The molecule has 1 unspecified atom stereocenters. The number of hydrogen-bond donors (Lipinski definition) is 1. The molecule has 1 atom stereocenters. The minimum atomic E-state index is -0.0380. The molecule has 25 heavy (non-hydrogen) atoms. The van der Waals surface area contributed by atoms with Crippen LogP contribution in [0.25, 0.3) is 5.82 Å². The Hall–Kier alpha value is -3.22. The van der Waals surface area contributed by atoms with E-state index in [0.29, 0.717) is 23.9 Å². The van der Waals surface area contributed by atoms with Gasteiger partial charge in [-0.05, 0) is 18.6 Å². The molecule has 0 spiro atoms. The summed E-state index contributed by atoms with van der Waals surface area (Å²) >= 11 is 0. The van der Waals surface area contributed by atoms with Crippen LogP contribution < -0.4 is 10.1 Å². The fourth-order valence-corrected chi connectivity index (χ4v) is 3.22. The Bertz CT molecular complexity index is 919. The van der Waals surface area contributed by atoms with Gasteiger partial charge in [0.2, 0.25) is 11.8 Å². The number of nitrogens with one attached hydrogen (secondary N) is 1. The van der Waals surface area contributed by atoms with E-state index in [4.69, 9.17) is 4.74 Å². The first kappa shape index (κ1) is 15.3. The third-order valence-electron chi connectivity index (χ3n) is 4.36. The maximum Gasteiger partial charge on any atom is 0.233 e. The van der Waals surface area contributed by atoms with Crippen LogP contribution in [0.3, 0.4) is 0 Å². The maximum absolute atomic E-state index is 12.3. The van der Waals surface area contributed by atoms with Gasteiger partial charge in [-0.1, -0.05) is 30.3 Å². The molecule has 1 aliphatic rings. The Morgan fingerprint density at radius 2 is 1.96 bits per heavy atom. The van der Waals surface area contributed by atoms with Crippen molar-refractivity contribution in [3.8, 4) is 11.7 Å². The summed E-state index contributed by atoms with van der Waals surface area (Å²) < 4.78 is 6.67. The minimum absolute atomic E-state index is 0.0232. The number of carbonyl (C=O) groups is 1. The van der Waals surface area contributed by atoms with E-state index in [9.17, 15) is 4.79 Å². The molecule has 1 aliphatic heterocycles. The lowest BCUT2D eigenvalue weighted by Gasteiger charge is -2.24. The van der Waals surface area contributed by atoms with Crippen molar-refractivity contribution in [3.05, 3.63) is 59.3 Å². The first-order valence-corrected chi connectivity index (χ1v) is 8.00. The molecule has 0 aliphatic carbocycles. The topological polar surface area (TPSA) is 81.9 Å². The molecular formula is C18H17N5O2. The van der Waals surface area contributed by atoms with Crippen LogP contribution in [-0.2, 0) is 4.79 Å². The molecule has 7 nitrogen and oxygen atoms in total. The van der Waals surface area contributed by atoms with E-state index in [0.717, 1.165) is 16.8 Å². The van der Waals surface area contributed by atoms with Crippen LogP contribution in [0.5, 0.6) is 5.88 Å². The van der Waals surface area contributed by atoms with Gasteiger partial charge in [-0.3, -0.25) is 4.79 Å². The van der Waals surface area contributed by atoms with Crippen LogP contribution >= 0.6 is 0 Å². The Kier molecular flexibility index (Phi) is 3.68. The summed E-state index contributed by atoms with van der Waals surface area (Å²) in [6, 6.07) is 13.5. The normalized spacial score (nSPS) is 16.2. The quantitative estimate of drug-likeness (QED) is 0.795. The van der Waals surface area contributed by atoms with E-state index in [-0.39, 0.29) is 11.8 Å². The van der Waals surface area contributed by atoms with Crippen molar-refractivity contribution in [2.24, 2.45) is 0 Å². The second-order valence-electron chi connectivity index (χ2n) is 5.91. The number of rotatable bonds is 3. The highest BCUT2D eigenvalue weighted by atomic mass is 16.5. The van der Waals surface area contributed by atoms with Gasteiger partial charge in [-0.15, -0.1) is 10.2 Å². The van der Waals surface area contributed by atoms with E-state index in [1.54, 1.807) is 16.8 Å². The van der Waals surface area contributed by atoms with Crippen LogP contribution in [0, 0.1) is 6.92 Å². The van der Waals surface area contributed by atoms with Gasteiger partial charge in [0.05, 0.1) is 12.8 Å². The van der Waals surface area contributed by atoms with E-state index >= 15 is 0 Å². The van der Waals surface area contributed by atoms with Crippen molar-refractivity contribution >= 4 is 11.7 Å². The highest BCUT2D eigenvalue weighted by molar-refractivity contribution is 5.95. The number of aromatic nitrogens is 4. The fourth-order valence-electron chi connectivity index (χ4n) is 3.22. The van der Waals surface area contributed by atoms with Crippen molar-refractivity contribution in [2.75, 3.05) is 12.4 Å². The minimum Gasteiger partial charge on any atom is -0.480 e. The summed E-state index contributed by atoms with van der Waals surface area (Å²) in [5.74, 6) is 1.54. The number of aryl methyl sites for hydroxylation is 1. The molecule has 4 rings (SSSR count). The van der Waals surface area contributed by atoms with Crippen LogP contribution in [0.1, 0.15) is 29.2 Å². The van der Waals surface area contributed by atoms with Crippen molar-refractivity contribution in [2.45, 2.75) is 19.3 Å². The molecule has 2 aromatic heterocycles. The lowest BCUT2D eigenvalue weighted by molar-refractivity contribution is -0.116. The van der Waals surface area contributed by atoms with Gasteiger partial charge in [0.15, 0.2) is 5.82 Å². The Morgan fingerprint density at radius 3 is 2.64 bits per heavy atom. The molecule has 1 N–H and O–H groups in total. The Labute approximate surface area is 144 Å². The van der Waals surface area contributed by atoms with Crippen LogP contribution in [0.2, 0.25) is 0 Å². The molecule has 7 heteroatoms. The van der Waals surface area contributed by atoms with Crippen LogP contribution in [0.15, 0.2) is 42.5 Å². The van der Waals surface area contributed by atoms with Gasteiger partial charge < -0.3 is 10.1 Å². The standard InChI is InChI=1S/C18H17N5O2/c1-11-17-13(12-6-4-3-5-7-12)10-15(24)19-18(17)23(22-11)14-8-9-16(25-2)21-20-14/h3-9,13H,10H2,1-2H3,(H,19,24). The van der Waals surface area contributed by atoms with E-state index in [1.807, 2.05) is 37.3 Å². The molecule has 1 aromatic carbocycles. The van der Waals surface area contributed by atoms with E-state index in [2.05, 4.69) is 20.6 Å². The predicted molar refractivity (Wildman–Crippen MR) is 92.0 cm³/mol. The molecule has 3 heterocycles. The number of benzene rings is 1. The monoisotopic (exact) mass is 335 g/mol. The highest BCUT2D eigenvalue weighted by Gasteiger charge is 2.32. The summed E-state index contributed by atoms with van der Waals surface area (Å²) in [6.45, 7) is 1.94. The van der Waals surface area contributed by atoms with E-state index < -0.39 is 0 Å². The third kappa shape index (κ3) is 2.63. The van der Waals surface area contributed by atoms with Crippen molar-refractivity contribution in [1.82, 2.24) is 20.0 Å². The number of amides is 1. The van der Waals surface area contributed by atoms with Gasteiger partial charge in [0.25, 0.3) is 0 Å². The number of hydrogen-bond acceptors (Lipinski definition) is 5. The average molecular weight is 335 g/mol. The summed E-state index contributed by atoms with van der Waals surface area (Å²) in [4.78, 5) is 12.3. The zero-order valence-corrected chi connectivity index (χ0v) is 13.9. The first-order chi connectivity index (χ1) is 12.2. The summed E-state index contributed by atoms with van der Waals surface area (Å²) in [5.41, 5.74) is 2.98.